The molecule has 0 radical (unpaired) electrons. The van der Waals surface area contributed by atoms with Gasteiger partial charge in [-0.25, -0.2) is 0 Å². The molecule has 0 aromatic heterocycles. The SMILES string of the molecule is CCC(C)(C)C(=O)OC1CC2CC1C1C3CC(C4C5CCC(C5)C34)C21. The molecule has 25 heavy (non-hydrogen) atoms. The van der Waals surface area contributed by atoms with E-state index in [0.717, 1.165) is 59.7 Å². The number of rotatable bonds is 3. The predicted octanol–water partition coefficient (Wildman–Crippen LogP) is 4.92. The van der Waals surface area contributed by atoms with Crippen molar-refractivity contribution in [2.75, 3.05) is 0 Å². The van der Waals surface area contributed by atoms with E-state index in [0.29, 0.717) is 5.92 Å². The maximum Gasteiger partial charge on any atom is 0.311 e. The maximum absolute atomic E-state index is 12.6. The maximum atomic E-state index is 12.6. The normalized spacial score (nSPS) is 57.2. The van der Waals surface area contributed by atoms with Crippen LogP contribution in [0.1, 0.15) is 65.7 Å². The highest BCUT2D eigenvalue weighted by atomic mass is 16.5. The zero-order valence-electron chi connectivity index (χ0n) is 16.1. The van der Waals surface area contributed by atoms with Crippen molar-refractivity contribution in [3.05, 3.63) is 0 Å². The largest absolute Gasteiger partial charge is 0.462 e. The van der Waals surface area contributed by atoms with Crippen LogP contribution in [0.4, 0.5) is 0 Å². The average molecular weight is 343 g/mol. The zero-order valence-corrected chi connectivity index (χ0v) is 16.1. The van der Waals surface area contributed by atoms with E-state index in [4.69, 9.17) is 4.74 Å². The summed E-state index contributed by atoms with van der Waals surface area (Å²) in [4.78, 5) is 12.6. The summed E-state index contributed by atoms with van der Waals surface area (Å²) >= 11 is 0. The van der Waals surface area contributed by atoms with Crippen molar-refractivity contribution in [2.45, 2.75) is 71.8 Å². The molecule has 0 aromatic rings. The first-order valence-electron chi connectivity index (χ1n) is 11.2. The molecule has 138 valence electrons. The van der Waals surface area contributed by atoms with Crippen LogP contribution < -0.4 is 0 Å². The van der Waals surface area contributed by atoms with Crippen LogP contribution in [0.3, 0.4) is 0 Å². The van der Waals surface area contributed by atoms with Gasteiger partial charge in [0.1, 0.15) is 6.10 Å². The van der Waals surface area contributed by atoms with E-state index >= 15 is 0 Å². The Morgan fingerprint density at radius 3 is 2.16 bits per heavy atom. The van der Waals surface area contributed by atoms with E-state index in [1.165, 1.54) is 19.3 Å². The quantitative estimate of drug-likeness (QED) is 0.537. The van der Waals surface area contributed by atoms with Gasteiger partial charge in [-0.3, -0.25) is 4.79 Å². The summed E-state index contributed by atoms with van der Waals surface area (Å²) in [5.41, 5.74) is -0.314. The third kappa shape index (κ3) is 1.80. The van der Waals surface area contributed by atoms with E-state index in [2.05, 4.69) is 6.92 Å². The van der Waals surface area contributed by atoms with Crippen molar-refractivity contribution < 1.29 is 9.53 Å². The van der Waals surface area contributed by atoms with Gasteiger partial charge in [0.05, 0.1) is 5.41 Å². The van der Waals surface area contributed by atoms with Crippen LogP contribution in [0.15, 0.2) is 0 Å². The number of fused-ring (bicyclic) bond motifs is 16. The minimum absolute atomic E-state index is 0.0602. The van der Waals surface area contributed by atoms with Gasteiger partial charge in [-0.15, -0.1) is 0 Å². The van der Waals surface area contributed by atoms with E-state index in [1.807, 2.05) is 13.8 Å². The molecule has 0 heterocycles. The lowest BCUT2D eigenvalue weighted by Gasteiger charge is -2.46. The first-order valence-corrected chi connectivity index (χ1v) is 11.2. The molecule has 6 saturated carbocycles. The van der Waals surface area contributed by atoms with Crippen molar-refractivity contribution in [1.29, 1.82) is 0 Å². The minimum atomic E-state index is -0.314. The van der Waals surface area contributed by atoms with Gasteiger partial charge in [0.2, 0.25) is 0 Å². The molecule has 2 heteroatoms. The van der Waals surface area contributed by atoms with Crippen molar-refractivity contribution in [3.63, 3.8) is 0 Å². The first kappa shape index (κ1) is 15.5. The minimum Gasteiger partial charge on any atom is -0.462 e. The predicted molar refractivity (Wildman–Crippen MR) is 96.6 cm³/mol. The third-order valence-electron chi connectivity index (χ3n) is 10.3. The van der Waals surface area contributed by atoms with Crippen LogP contribution in [-0.2, 0) is 9.53 Å². The summed E-state index contributed by atoms with van der Waals surface area (Å²) in [7, 11) is 0. The lowest BCUT2D eigenvalue weighted by atomic mass is 9.59. The van der Waals surface area contributed by atoms with Crippen LogP contribution in [0, 0.1) is 64.6 Å². The van der Waals surface area contributed by atoms with Crippen LogP contribution in [-0.4, -0.2) is 12.1 Å². The lowest BCUT2D eigenvalue weighted by Crippen LogP contribution is -2.45. The molecule has 6 fully saturated rings. The van der Waals surface area contributed by atoms with Crippen molar-refractivity contribution in [3.8, 4) is 0 Å². The van der Waals surface area contributed by atoms with Gasteiger partial charge >= 0.3 is 5.97 Å². The molecule has 0 aromatic carbocycles. The van der Waals surface area contributed by atoms with Crippen LogP contribution in [0.25, 0.3) is 0 Å². The molecule has 0 saturated heterocycles. The van der Waals surface area contributed by atoms with Crippen LogP contribution >= 0.6 is 0 Å². The fraction of sp³-hybridized carbons (Fsp3) is 0.957. The standard InChI is InChI=1S/C23H34O2/c1-4-23(2,3)22(24)25-17-9-13-8-14(17)21-16-10-15(20(13)21)18-11-5-6-12(7-11)19(16)18/h11-21H,4-10H2,1-3H3. The Balaban J connectivity index is 1.24. The zero-order chi connectivity index (χ0) is 17.1. The second-order valence-corrected chi connectivity index (χ2v) is 11.3. The topological polar surface area (TPSA) is 26.3 Å². The summed E-state index contributed by atoms with van der Waals surface area (Å²) in [5.74, 6) is 10.0. The Kier molecular flexibility index (Phi) is 3.01. The van der Waals surface area contributed by atoms with E-state index in [-0.39, 0.29) is 17.5 Å². The van der Waals surface area contributed by atoms with Crippen LogP contribution in [0.2, 0.25) is 0 Å². The Labute approximate surface area is 152 Å². The molecule has 6 rings (SSSR count). The molecule has 0 aliphatic heterocycles. The fourth-order valence-electron chi connectivity index (χ4n) is 9.31. The highest BCUT2D eigenvalue weighted by molar-refractivity contribution is 5.76. The first-order chi connectivity index (χ1) is 12.0. The van der Waals surface area contributed by atoms with E-state index in [9.17, 15) is 4.79 Å². The van der Waals surface area contributed by atoms with Crippen LogP contribution in [0.5, 0.6) is 0 Å². The molecule has 2 nitrogen and oxygen atoms in total. The molecule has 6 bridgehead atoms. The Morgan fingerprint density at radius 2 is 1.48 bits per heavy atom. The average Bonchev–Trinajstić information content (AvgIpc) is 3.38. The van der Waals surface area contributed by atoms with Gasteiger partial charge in [-0.1, -0.05) is 6.92 Å². The summed E-state index contributed by atoms with van der Waals surface area (Å²) in [6.07, 6.45) is 9.88. The highest BCUT2D eigenvalue weighted by Gasteiger charge is 2.71. The van der Waals surface area contributed by atoms with E-state index < -0.39 is 0 Å². The molecular weight excluding hydrogens is 308 g/mol. The molecule has 0 amide bonds. The monoisotopic (exact) mass is 342 g/mol. The molecular formula is C23H34O2. The number of hydrogen-bond donors (Lipinski definition) is 0. The summed E-state index contributed by atoms with van der Waals surface area (Å²) in [6.45, 7) is 6.19. The number of carbonyl (C=O) groups excluding carboxylic acids is 1. The number of carbonyl (C=O) groups is 1. The molecule has 11 atom stereocenters. The fourth-order valence-corrected chi connectivity index (χ4v) is 9.31. The van der Waals surface area contributed by atoms with Gasteiger partial charge in [0.25, 0.3) is 0 Å². The van der Waals surface area contributed by atoms with Gasteiger partial charge in [-0.2, -0.15) is 0 Å². The van der Waals surface area contributed by atoms with Gasteiger partial charge in [0.15, 0.2) is 0 Å². The summed E-state index contributed by atoms with van der Waals surface area (Å²) < 4.78 is 6.15. The van der Waals surface area contributed by atoms with Crippen molar-refractivity contribution in [2.24, 2.45) is 64.6 Å². The Hall–Kier alpha value is -0.530. The summed E-state index contributed by atoms with van der Waals surface area (Å²) in [6, 6.07) is 0. The van der Waals surface area contributed by atoms with E-state index in [1.54, 1.807) is 19.3 Å². The molecule has 11 unspecified atom stereocenters. The lowest BCUT2D eigenvalue weighted by molar-refractivity contribution is -0.165. The number of ether oxygens (including phenoxy) is 1. The second kappa shape index (κ2) is 4.84. The smallest absolute Gasteiger partial charge is 0.311 e. The molecule has 0 spiro atoms. The summed E-state index contributed by atoms with van der Waals surface area (Å²) in [5, 5.41) is 0. The molecule has 0 N–H and O–H groups in total. The van der Waals surface area contributed by atoms with Gasteiger partial charge < -0.3 is 4.74 Å². The molecule has 6 aliphatic carbocycles. The van der Waals surface area contributed by atoms with Gasteiger partial charge in [0, 0.05) is 0 Å². The third-order valence-corrected chi connectivity index (χ3v) is 10.3. The highest BCUT2D eigenvalue weighted by Crippen LogP contribution is 2.76. The molecule has 6 aliphatic rings. The number of hydrogen-bond acceptors (Lipinski definition) is 2. The Bertz CT molecular complexity index is 609. The van der Waals surface area contributed by atoms with Gasteiger partial charge in [-0.05, 0) is 118 Å². The Morgan fingerprint density at radius 1 is 0.840 bits per heavy atom. The van der Waals surface area contributed by atoms with Crippen molar-refractivity contribution in [1.82, 2.24) is 0 Å². The number of esters is 1. The second-order valence-electron chi connectivity index (χ2n) is 11.3. The van der Waals surface area contributed by atoms with Crippen molar-refractivity contribution >= 4 is 5.97 Å².